The van der Waals surface area contributed by atoms with Gasteiger partial charge in [0.15, 0.2) is 0 Å². The Hall–Kier alpha value is -1.10. The molecule has 2 amide bonds. The van der Waals surface area contributed by atoms with Crippen molar-refractivity contribution in [2.45, 2.75) is 19.3 Å². The van der Waals surface area contributed by atoms with Crippen molar-refractivity contribution < 1.29 is 9.59 Å². The maximum Gasteiger partial charge on any atom is 0.223 e. The van der Waals surface area contributed by atoms with E-state index in [9.17, 15) is 9.59 Å². The number of hydrogen-bond acceptors (Lipinski definition) is 3. The number of hydrogen-bond donors (Lipinski definition) is 1. The minimum absolute atomic E-state index is 0.0722. The van der Waals surface area contributed by atoms with E-state index in [-0.39, 0.29) is 17.7 Å². The predicted octanol–water partition coefficient (Wildman–Crippen LogP) is -0.584. The molecule has 1 unspecified atom stereocenters. The summed E-state index contributed by atoms with van der Waals surface area (Å²) in [5.41, 5.74) is 5.21. The van der Waals surface area contributed by atoms with Crippen molar-refractivity contribution in [2.75, 3.05) is 32.7 Å². The fraction of sp³-hybridized carbons (Fsp3) is 0.818. The second-order valence-electron chi connectivity index (χ2n) is 4.69. The molecule has 0 saturated carbocycles. The second-order valence-corrected chi connectivity index (χ2v) is 4.69. The van der Waals surface area contributed by atoms with Gasteiger partial charge in [-0.2, -0.15) is 0 Å². The quantitative estimate of drug-likeness (QED) is 0.696. The van der Waals surface area contributed by atoms with Gasteiger partial charge >= 0.3 is 0 Å². The van der Waals surface area contributed by atoms with Crippen molar-refractivity contribution in [3.8, 4) is 0 Å². The van der Waals surface area contributed by atoms with Gasteiger partial charge in [0, 0.05) is 26.1 Å². The van der Waals surface area contributed by atoms with Crippen molar-refractivity contribution in [3.63, 3.8) is 0 Å². The van der Waals surface area contributed by atoms with E-state index in [1.54, 1.807) is 4.90 Å². The van der Waals surface area contributed by atoms with E-state index in [0.29, 0.717) is 13.0 Å². The molecule has 0 bridgehead atoms. The third-order valence-electron chi connectivity index (χ3n) is 3.50. The van der Waals surface area contributed by atoms with E-state index in [1.165, 1.54) is 12.8 Å². The first kappa shape index (κ1) is 11.4. The van der Waals surface area contributed by atoms with Gasteiger partial charge in [0.05, 0.1) is 5.92 Å². The summed E-state index contributed by atoms with van der Waals surface area (Å²) in [5.74, 6) is -0.550. The van der Waals surface area contributed by atoms with Gasteiger partial charge in [0.25, 0.3) is 0 Å². The fourth-order valence-electron chi connectivity index (χ4n) is 2.45. The molecule has 2 aliphatic rings. The number of nitrogens with two attached hydrogens (primary N) is 1. The molecule has 2 aliphatic heterocycles. The first-order valence-corrected chi connectivity index (χ1v) is 5.96. The van der Waals surface area contributed by atoms with Crippen LogP contribution in [0.2, 0.25) is 0 Å². The maximum absolute atomic E-state index is 11.6. The van der Waals surface area contributed by atoms with Gasteiger partial charge in [-0.05, 0) is 25.9 Å². The molecule has 2 fully saturated rings. The molecule has 0 spiro atoms. The number of amides is 2. The summed E-state index contributed by atoms with van der Waals surface area (Å²) < 4.78 is 0. The van der Waals surface area contributed by atoms with Gasteiger partial charge < -0.3 is 15.5 Å². The molecule has 2 saturated heterocycles. The fourth-order valence-corrected chi connectivity index (χ4v) is 2.45. The molecule has 0 aromatic rings. The van der Waals surface area contributed by atoms with E-state index in [1.807, 2.05) is 0 Å². The van der Waals surface area contributed by atoms with E-state index in [4.69, 9.17) is 5.73 Å². The number of primary amides is 1. The van der Waals surface area contributed by atoms with Crippen molar-refractivity contribution >= 4 is 11.8 Å². The van der Waals surface area contributed by atoms with Crippen LogP contribution in [0.4, 0.5) is 0 Å². The molecule has 16 heavy (non-hydrogen) atoms. The van der Waals surface area contributed by atoms with Crippen molar-refractivity contribution in [1.29, 1.82) is 0 Å². The lowest BCUT2D eigenvalue weighted by atomic mass is 10.1. The Morgan fingerprint density at radius 3 is 2.56 bits per heavy atom. The SMILES string of the molecule is NC(=O)C1CC(=O)N(CCN2CCCC2)C1. The molecule has 2 N–H and O–H groups in total. The van der Waals surface area contributed by atoms with E-state index < -0.39 is 0 Å². The number of carbonyl (C=O) groups excluding carboxylic acids is 2. The smallest absolute Gasteiger partial charge is 0.223 e. The number of rotatable bonds is 4. The van der Waals surface area contributed by atoms with Crippen molar-refractivity contribution in [2.24, 2.45) is 11.7 Å². The van der Waals surface area contributed by atoms with Crippen LogP contribution < -0.4 is 5.73 Å². The summed E-state index contributed by atoms with van der Waals surface area (Å²) in [4.78, 5) is 26.7. The highest BCUT2D eigenvalue weighted by Gasteiger charge is 2.32. The molecule has 5 heteroatoms. The summed E-state index contributed by atoms with van der Waals surface area (Å²) >= 11 is 0. The topological polar surface area (TPSA) is 66.6 Å². The third kappa shape index (κ3) is 2.52. The van der Waals surface area contributed by atoms with Gasteiger partial charge in [-0.25, -0.2) is 0 Å². The van der Waals surface area contributed by atoms with Crippen LogP contribution in [0.3, 0.4) is 0 Å². The van der Waals surface area contributed by atoms with Crippen LogP contribution in [0.1, 0.15) is 19.3 Å². The number of carbonyl (C=O) groups is 2. The maximum atomic E-state index is 11.6. The highest BCUT2D eigenvalue weighted by molar-refractivity contribution is 5.88. The Bertz CT molecular complexity index is 287. The van der Waals surface area contributed by atoms with Gasteiger partial charge in [0.1, 0.15) is 0 Å². The zero-order valence-electron chi connectivity index (χ0n) is 9.52. The molecule has 2 heterocycles. The molecular formula is C11H19N3O2. The summed E-state index contributed by atoms with van der Waals surface area (Å²) in [6.45, 7) is 4.46. The highest BCUT2D eigenvalue weighted by Crippen LogP contribution is 2.17. The third-order valence-corrected chi connectivity index (χ3v) is 3.50. The molecule has 2 rings (SSSR count). The van der Waals surface area contributed by atoms with E-state index in [2.05, 4.69) is 4.90 Å². The van der Waals surface area contributed by atoms with Crippen molar-refractivity contribution in [1.82, 2.24) is 9.80 Å². The normalized spacial score (nSPS) is 26.6. The lowest BCUT2D eigenvalue weighted by molar-refractivity contribution is -0.128. The van der Waals surface area contributed by atoms with E-state index in [0.717, 1.165) is 26.2 Å². The lowest BCUT2D eigenvalue weighted by Crippen LogP contribution is -2.35. The standard InChI is InChI=1S/C11H19N3O2/c12-11(16)9-7-10(15)14(8-9)6-5-13-3-1-2-4-13/h9H,1-8H2,(H2,12,16). The van der Waals surface area contributed by atoms with Gasteiger partial charge in [-0.3, -0.25) is 9.59 Å². The largest absolute Gasteiger partial charge is 0.369 e. The Kier molecular flexibility index (Phi) is 3.43. The first-order valence-electron chi connectivity index (χ1n) is 5.96. The summed E-state index contributed by atoms with van der Waals surface area (Å²) in [7, 11) is 0. The summed E-state index contributed by atoms with van der Waals surface area (Å²) in [5, 5.41) is 0. The van der Waals surface area contributed by atoms with Crippen LogP contribution in [0.15, 0.2) is 0 Å². The van der Waals surface area contributed by atoms with Crippen LogP contribution in [0.25, 0.3) is 0 Å². The molecular weight excluding hydrogens is 206 g/mol. The average molecular weight is 225 g/mol. The minimum Gasteiger partial charge on any atom is -0.369 e. The lowest BCUT2D eigenvalue weighted by Gasteiger charge is -2.20. The Morgan fingerprint density at radius 1 is 1.31 bits per heavy atom. The molecule has 0 aromatic heterocycles. The van der Waals surface area contributed by atoms with Crippen LogP contribution in [-0.4, -0.2) is 54.3 Å². The molecule has 0 aliphatic carbocycles. The minimum atomic E-state index is -0.350. The molecule has 0 aromatic carbocycles. The molecule has 5 nitrogen and oxygen atoms in total. The van der Waals surface area contributed by atoms with Gasteiger partial charge in [-0.1, -0.05) is 0 Å². The van der Waals surface area contributed by atoms with Crippen LogP contribution in [0.5, 0.6) is 0 Å². The monoisotopic (exact) mass is 225 g/mol. The number of nitrogens with zero attached hydrogens (tertiary/aromatic N) is 2. The number of likely N-dealkylation sites (tertiary alicyclic amines) is 2. The first-order chi connectivity index (χ1) is 7.66. The zero-order chi connectivity index (χ0) is 11.5. The summed E-state index contributed by atoms with van der Waals surface area (Å²) in [6.07, 6.45) is 2.82. The van der Waals surface area contributed by atoms with Gasteiger partial charge in [0.2, 0.25) is 11.8 Å². The second kappa shape index (κ2) is 4.82. The van der Waals surface area contributed by atoms with Crippen molar-refractivity contribution in [3.05, 3.63) is 0 Å². The average Bonchev–Trinajstić information content (AvgIpc) is 2.84. The molecule has 0 radical (unpaired) electrons. The molecule has 90 valence electrons. The Morgan fingerprint density at radius 2 is 2.00 bits per heavy atom. The van der Waals surface area contributed by atoms with Gasteiger partial charge in [-0.15, -0.1) is 0 Å². The summed E-state index contributed by atoms with van der Waals surface area (Å²) in [6, 6.07) is 0. The Balaban J connectivity index is 1.77. The van der Waals surface area contributed by atoms with Crippen LogP contribution >= 0.6 is 0 Å². The Labute approximate surface area is 95.6 Å². The van der Waals surface area contributed by atoms with Crippen LogP contribution in [-0.2, 0) is 9.59 Å². The van der Waals surface area contributed by atoms with E-state index >= 15 is 0 Å². The van der Waals surface area contributed by atoms with Crippen LogP contribution in [0, 0.1) is 5.92 Å². The predicted molar refractivity (Wildman–Crippen MR) is 59.6 cm³/mol. The zero-order valence-corrected chi connectivity index (χ0v) is 9.52. The molecule has 1 atom stereocenters. The highest BCUT2D eigenvalue weighted by atomic mass is 16.2.